The smallest absolute Gasteiger partial charge is 0.280 e. The second kappa shape index (κ2) is 7.38. The molecular formula is C18H23N3O2S. The molecule has 2 N–H and O–H groups in total. The predicted molar refractivity (Wildman–Crippen MR) is 98.6 cm³/mol. The number of hydrazone groups is 1. The van der Waals surface area contributed by atoms with Gasteiger partial charge in [0.2, 0.25) is 5.91 Å². The van der Waals surface area contributed by atoms with Crippen LogP contribution in [0.3, 0.4) is 0 Å². The van der Waals surface area contributed by atoms with Crippen LogP contribution in [0.4, 0.5) is 10.5 Å². The molecule has 5 nitrogen and oxygen atoms in total. The van der Waals surface area contributed by atoms with Crippen molar-refractivity contribution in [1.82, 2.24) is 5.43 Å². The molecule has 3 rings (SSSR count). The number of nitrogens with one attached hydrogen (secondary N) is 2. The molecule has 1 unspecified atom stereocenters. The van der Waals surface area contributed by atoms with Gasteiger partial charge in [-0.1, -0.05) is 57.4 Å². The number of thiol groups is 1. The number of benzene rings is 1. The minimum atomic E-state index is -0.401. The molecule has 1 atom stereocenters. The zero-order valence-electron chi connectivity index (χ0n) is 13.8. The monoisotopic (exact) mass is 345 g/mol. The van der Waals surface area contributed by atoms with Gasteiger partial charge in [-0.25, -0.2) is 5.43 Å². The molecule has 0 radical (unpaired) electrons. The molecule has 1 aromatic carbocycles. The molecule has 1 aliphatic heterocycles. The van der Waals surface area contributed by atoms with Gasteiger partial charge in [0.05, 0.1) is 11.4 Å². The maximum Gasteiger partial charge on any atom is 0.280 e. The molecule has 1 fully saturated rings. The maximum atomic E-state index is 11.5. The summed E-state index contributed by atoms with van der Waals surface area (Å²) in [4.78, 5) is 22.9. The zero-order chi connectivity index (χ0) is 17.1. The van der Waals surface area contributed by atoms with E-state index in [0.29, 0.717) is 12.1 Å². The third-order valence-electron chi connectivity index (χ3n) is 4.86. The van der Waals surface area contributed by atoms with E-state index in [9.17, 15) is 9.59 Å². The average molecular weight is 345 g/mol. The second-order valence-electron chi connectivity index (χ2n) is 6.80. The number of anilines is 1. The quantitative estimate of drug-likeness (QED) is 0.728. The summed E-state index contributed by atoms with van der Waals surface area (Å²) in [7, 11) is 0. The minimum absolute atomic E-state index is 0.00926. The van der Waals surface area contributed by atoms with E-state index in [1.165, 1.54) is 31.2 Å². The number of rotatable bonds is 4. The van der Waals surface area contributed by atoms with E-state index in [0.717, 1.165) is 23.6 Å². The van der Waals surface area contributed by atoms with Gasteiger partial charge in [0.25, 0.3) is 5.24 Å². The first-order chi connectivity index (χ1) is 11.5. The Labute approximate surface area is 147 Å². The molecule has 0 spiro atoms. The molecule has 2 amide bonds. The molecular weight excluding hydrogens is 322 g/mol. The Kier molecular flexibility index (Phi) is 5.23. The van der Waals surface area contributed by atoms with Crippen molar-refractivity contribution in [3.63, 3.8) is 0 Å². The Morgan fingerprint density at radius 1 is 1.38 bits per heavy atom. The number of amides is 2. The highest BCUT2D eigenvalue weighted by atomic mass is 32.1. The van der Waals surface area contributed by atoms with E-state index in [1.54, 1.807) is 0 Å². The fraction of sp³-hybridized carbons (Fsp3) is 0.500. The van der Waals surface area contributed by atoms with Crippen molar-refractivity contribution in [3.8, 4) is 0 Å². The summed E-state index contributed by atoms with van der Waals surface area (Å²) < 4.78 is 0. The molecule has 0 saturated heterocycles. The lowest BCUT2D eigenvalue weighted by Gasteiger charge is -2.22. The van der Waals surface area contributed by atoms with Gasteiger partial charge in [0, 0.05) is 17.9 Å². The highest BCUT2D eigenvalue weighted by molar-refractivity contribution is 7.96. The molecule has 1 aliphatic carbocycles. The van der Waals surface area contributed by atoms with E-state index in [4.69, 9.17) is 0 Å². The Bertz CT molecular complexity index is 681. The van der Waals surface area contributed by atoms with Crippen LogP contribution in [0.15, 0.2) is 23.3 Å². The number of hydrogen-bond acceptors (Lipinski definition) is 3. The van der Waals surface area contributed by atoms with Gasteiger partial charge < -0.3 is 5.32 Å². The predicted octanol–water partition coefficient (Wildman–Crippen LogP) is 3.74. The van der Waals surface area contributed by atoms with E-state index < -0.39 is 5.24 Å². The SMILES string of the molecule is CC1CC(=O)NN=C1c1ccc(CC2CCCC2)cc1NC(=O)S. The van der Waals surface area contributed by atoms with Crippen LogP contribution in [0.5, 0.6) is 0 Å². The van der Waals surface area contributed by atoms with Gasteiger partial charge in [0.15, 0.2) is 0 Å². The number of carbonyl (C=O) groups excluding carboxylic acids is 2. The van der Waals surface area contributed by atoms with Crippen LogP contribution in [0.1, 0.15) is 50.2 Å². The van der Waals surface area contributed by atoms with Crippen molar-refractivity contribution in [2.24, 2.45) is 16.9 Å². The Morgan fingerprint density at radius 3 is 2.79 bits per heavy atom. The van der Waals surface area contributed by atoms with Crippen molar-refractivity contribution in [1.29, 1.82) is 0 Å². The summed E-state index contributed by atoms with van der Waals surface area (Å²) in [5.41, 5.74) is 6.10. The Hall–Kier alpha value is -1.82. The van der Waals surface area contributed by atoms with Gasteiger partial charge >= 0.3 is 0 Å². The lowest BCUT2D eigenvalue weighted by atomic mass is 9.90. The molecule has 24 heavy (non-hydrogen) atoms. The lowest BCUT2D eigenvalue weighted by molar-refractivity contribution is -0.121. The third-order valence-corrected chi connectivity index (χ3v) is 4.97. The van der Waals surface area contributed by atoms with Crippen molar-refractivity contribution in [3.05, 3.63) is 29.3 Å². The van der Waals surface area contributed by atoms with Crippen LogP contribution in [0.25, 0.3) is 0 Å². The summed E-state index contributed by atoms with van der Waals surface area (Å²) in [6, 6.07) is 6.12. The standard InChI is InChI=1S/C18H23N3O2S/c1-11-8-16(22)20-21-17(11)14-7-6-13(9-12-4-2-3-5-12)10-15(14)19-18(23)24/h6-7,10-12H,2-5,8-9H2,1H3,(H,20,22)(H2,19,23,24). The number of carbonyl (C=O) groups is 2. The van der Waals surface area contributed by atoms with Gasteiger partial charge in [0.1, 0.15) is 0 Å². The Morgan fingerprint density at radius 2 is 2.12 bits per heavy atom. The first-order valence-electron chi connectivity index (χ1n) is 8.52. The highest BCUT2D eigenvalue weighted by Gasteiger charge is 2.24. The summed E-state index contributed by atoms with van der Waals surface area (Å²) in [5, 5.41) is 6.60. The molecule has 2 aliphatic rings. The molecule has 0 aromatic heterocycles. The highest BCUT2D eigenvalue weighted by Crippen LogP contribution is 2.30. The van der Waals surface area contributed by atoms with Crippen LogP contribution >= 0.6 is 12.6 Å². The van der Waals surface area contributed by atoms with Crippen LogP contribution in [-0.2, 0) is 11.2 Å². The Balaban J connectivity index is 1.90. The lowest BCUT2D eigenvalue weighted by Crippen LogP contribution is -2.32. The van der Waals surface area contributed by atoms with Crippen molar-refractivity contribution in [2.45, 2.75) is 45.4 Å². The minimum Gasteiger partial charge on any atom is -0.316 e. The fourth-order valence-corrected chi connectivity index (χ4v) is 3.81. The average Bonchev–Trinajstić information content (AvgIpc) is 3.01. The summed E-state index contributed by atoms with van der Waals surface area (Å²) in [6.07, 6.45) is 6.64. The van der Waals surface area contributed by atoms with Crippen LogP contribution in [-0.4, -0.2) is 16.9 Å². The van der Waals surface area contributed by atoms with Crippen molar-refractivity contribution in [2.75, 3.05) is 5.32 Å². The van der Waals surface area contributed by atoms with E-state index in [2.05, 4.69) is 34.5 Å². The molecule has 1 saturated carbocycles. The molecule has 0 bridgehead atoms. The third kappa shape index (κ3) is 3.98. The number of nitrogens with zero attached hydrogens (tertiary/aromatic N) is 1. The fourth-order valence-electron chi connectivity index (χ4n) is 3.69. The van der Waals surface area contributed by atoms with Crippen LogP contribution < -0.4 is 10.7 Å². The summed E-state index contributed by atoms with van der Waals surface area (Å²) in [5.74, 6) is 0.666. The topological polar surface area (TPSA) is 70.6 Å². The van der Waals surface area contributed by atoms with Crippen LogP contribution in [0.2, 0.25) is 0 Å². The molecule has 128 valence electrons. The van der Waals surface area contributed by atoms with Crippen LogP contribution in [0, 0.1) is 11.8 Å². The first-order valence-corrected chi connectivity index (χ1v) is 8.97. The largest absolute Gasteiger partial charge is 0.316 e. The van der Waals surface area contributed by atoms with Crippen molar-refractivity contribution >= 4 is 35.2 Å². The molecule has 1 aromatic rings. The van der Waals surface area contributed by atoms with Gasteiger partial charge in [-0.15, -0.1) is 0 Å². The zero-order valence-corrected chi connectivity index (χ0v) is 14.7. The van der Waals surface area contributed by atoms with Gasteiger partial charge in [-0.05, 0) is 24.0 Å². The summed E-state index contributed by atoms with van der Waals surface area (Å²) >= 11 is 3.85. The van der Waals surface area contributed by atoms with Gasteiger partial charge in [-0.3, -0.25) is 9.59 Å². The van der Waals surface area contributed by atoms with Crippen molar-refractivity contribution < 1.29 is 9.59 Å². The maximum absolute atomic E-state index is 11.5. The normalized spacial score (nSPS) is 21.3. The van der Waals surface area contributed by atoms with E-state index >= 15 is 0 Å². The van der Waals surface area contributed by atoms with E-state index in [-0.39, 0.29) is 11.8 Å². The summed E-state index contributed by atoms with van der Waals surface area (Å²) in [6.45, 7) is 1.97. The first kappa shape index (κ1) is 17.0. The van der Waals surface area contributed by atoms with E-state index in [1.807, 2.05) is 19.1 Å². The van der Waals surface area contributed by atoms with Gasteiger partial charge in [-0.2, -0.15) is 5.10 Å². The second-order valence-corrected chi connectivity index (χ2v) is 7.21. The number of hydrogen-bond donors (Lipinski definition) is 3. The molecule has 1 heterocycles. The molecule has 6 heteroatoms.